The second-order valence-corrected chi connectivity index (χ2v) is 8.42. The van der Waals surface area contributed by atoms with Gasteiger partial charge >= 0.3 is 0 Å². The smallest absolute Gasteiger partial charge is 0.164 e. The number of ether oxygens (including phenoxy) is 1. The van der Waals surface area contributed by atoms with Gasteiger partial charge in [-0.15, -0.1) is 12.4 Å². The van der Waals surface area contributed by atoms with Crippen molar-refractivity contribution >= 4 is 51.6 Å². The first-order valence-corrected chi connectivity index (χ1v) is 10.8. The maximum atomic E-state index is 6.20. The molecule has 0 spiro atoms. The Balaban J connectivity index is 0.00000259. The summed E-state index contributed by atoms with van der Waals surface area (Å²) >= 11 is 5.95. The standard InChI is InChI=1S/C25H22ClN5O.ClH/c1-15(2)31-25-22(24(27)28-14-29-25)23(30-31)19-6-5-18-12-21(10-7-17(18)11-19)32-13-16-3-8-20(26)9-4-16;/h3-12,14-15H,13H2,1-2H3,(H2,27,28,29);1H. The van der Waals surface area contributed by atoms with Crippen LogP contribution in [-0.4, -0.2) is 19.7 Å². The maximum Gasteiger partial charge on any atom is 0.164 e. The highest BCUT2D eigenvalue weighted by Crippen LogP contribution is 2.33. The summed E-state index contributed by atoms with van der Waals surface area (Å²) in [5.41, 5.74) is 9.77. The third-order valence-corrected chi connectivity index (χ3v) is 5.66. The molecule has 0 aliphatic carbocycles. The monoisotopic (exact) mass is 479 g/mol. The van der Waals surface area contributed by atoms with Crippen molar-refractivity contribution in [1.82, 2.24) is 19.7 Å². The van der Waals surface area contributed by atoms with Gasteiger partial charge in [0.25, 0.3) is 0 Å². The molecule has 0 saturated heterocycles. The molecule has 2 heterocycles. The average molecular weight is 480 g/mol. The first kappa shape index (κ1) is 22.8. The van der Waals surface area contributed by atoms with Crippen molar-refractivity contribution in [3.05, 3.63) is 77.6 Å². The van der Waals surface area contributed by atoms with E-state index in [1.807, 2.05) is 47.1 Å². The molecule has 0 saturated carbocycles. The maximum absolute atomic E-state index is 6.20. The normalized spacial score (nSPS) is 11.2. The van der Waals surface area contributed by atoms with Crippen molar-refractivity contribution in [3.8, 4) is 17.0 Å². The largest absolute Gasteiger partial charge is 0.489 e. The van der Waals surface area contributed by atoms with Gasteiger partial charge in [-0.3, -0.25) is 0 Å². The lowest BCUT2D eigenvalue weighted by Crippen LogP contribution is -2.04. The SMILES string of the molecule is CC(C)n1nc(-c2ccc3cc(OCc4ccc(Cl)cc4)ccc3c2)c2c(N)ncnc21.Cl. The third kappa shape index (κ3) is 4.45. The summed E-state index contributed by atoms with van der Waals surface area (Å²) in [5.74, 6) is 1.25. The van der Waals surface area contributed by atoms with Crippen LogP contribution in [0.25, 0.3) is 33.1 Å². The number of nitrogen functional groups attached to an aromatic ring is 1. The molecule has 0 amide bonds. The van der Waals surface area contributed by atoms with Gasteiger partial charge in [0.1, 0.15) is 30.2 Å². The van der Waals surface area contributed by atoms with Gasteiger partial charge in [0.15, 0.2) is 5.65 Å². The zero-order valence-electron chi connectivity index (χ0n) is 18.2. The second kappa shape index (κ2) is 9.25. The first-order chi connectivity index (χ1) is 15.5. The van der Waals surface area contributed by atoms with Crippen LogP contribution in [0.4, 0.5) is 5.82 Å². The Morgan fingerprint density at radius 1 is 0.970 bits per heavy atom. The lowest BCUT2D eigenvalue weighted by molar-refractivity contribution is 0.306. The molecule has 2 aromatic heterocycles. The predicted octanol–water partition coefficient (Wildman–Crippen LogP) is 6.46. The fourth-order valence-electron chi connectivity index (χ4n) is 3.77. The Bertz CT molecular complexity index is 1430. The summed E-state index contributed by atoms with van der Waals surface area (Å²) in [6, 6.07) is 20.1. The highest BCUT2D eigenvalue weighted by atomic mass is 35.5. The van der Waals surface area contributed by atoms with E-state index in [2.05, 4.69) is 42.0 Å². The molecule has 0 aliphatic heterocycles. The predicted molar refractivity (Wildman–Crippen MR) is 136 cm³/mol. The van der Waals surface area contributed by atoms with Crippen molar-refractivity contribution in [2.75, 3.05) is 5.73 Å². The number of hydrogen-bond donors (Lipinski definition) is 1. The van der Waals surface area contributed by atoms with Crippen LogP contribution in [0.1, 0.15) is 25.5 Å². The van der Waals surface area contributed by atoms with Gasteiger partial charge in [-0.05, 0) is 60.5 Å². The van der Waals surface area contributed by atoms with E-state index in [0.29, 0.717) is 12.4 Å². The van der Waals surface area contributed by atoms with E-state index in [9.17, 15) is 0 Å². The van der Waals surface area contributed by atoms with Crippen molar-refractivity contribution in [3.63, 3.8) is 0 Å². The number of anilines is 1. The first-order valence-electron chi connectivity index (χ1n) is 10.4. The quantitative estimate of drug-likeness (QED) is 0.312. The van der Waals surface area contributed by atoms with Gasteiger partial charge in [-0.25, -0.2) is 14.6 Å². The van der Waals surface area contributed by atoms with Crippen LogP contribution in [0.3, 0.4) is 0 Å². The van der Waals surface area contributed by atoms with Crippen LogP contribution in [0.5, 0.6) is 5.75 Å². The molecule has 0 unspecified atom stereocenters. The van der Waals surface area contributed by atoms with Crippen LogP contribution in [-0.2, 0) is 6.61 Å². The molecule has 2 N–H and O–H groups in total. The van der Waals surface area contributed by atoms with E-state index in [4.69, 9.17) is 27.2 Å². The summed E-state index contributed by atoms with van der Waals surface area (Å²) in [7, 11) is 0. The van der Waals surface area contributed by atoms with Crippen molar-refractivity contribution < 1.29 is 4.74 Å². The highest BCUT2D eigenvalue weighted by molar-refractivity contribution is 6.30. The van der Waals surface area contributed by atoms with Gasteiger partial charge in [0.05, 0.1) is 5.39 Å². The third-order valence-electron chi connectivity index (χ3n) is 5.41. The number of hydrogen-bond acceptors (Lipinski definition) is 5. The molecule has 8 heteroatoms. The number of halogens is 2. The average Bonchev–Trinajstić information content (AvgIpc) is 3.20. The molecule has 5 aromatic rings. The minimum atomic E-state index is 0. The van der Waals surface area contributed by atoms with Gasteiger partial charge in [0.2, 0.25) is 0 Å². The van der Waals surface area contributed by atoms with Crippen LogP contribution >= 0.6 is 24.0 Å². The molecule has 33 heavy (non-hydrogen) atoms. The van der Waals surface area contributed by atoms with E-state index in [-0.39, 0.29) is 18.4 Å². The van der Waals surface area contributed by atoms with E-state index in [1.165, 1.54) is 6.33 Å². The number of nitrogens with zero attached hydrogens (tertiary/aromatic N) is 4. The van der Waals surface area contributed by atoms with Crippen molar-refractivity contribution in [2.45, 2.75) is 26.5 Å². The fraction of sp³-hybridized carbons (Fsp3) is 0.160. The Morgan fingerprint density at radius 3 is 2.45 bits per heavy atom. The van der Waals surface area contributed by atoms with Gasteiger partial charge in [-0.1, -0.05) is 41.9 Å². The highest BCUT2D eigenvalue weighted by Gasteiger charge is 2.18. The molecular formula is C25H23Cl2N5O. The van der Waals surface area contributed by atoms with Crippen LogP contribution in [0.2, 0.25) is 5.02 Å². The number of rotatable bonds is 5. The van der Waals surface area contributed by atoms with Gasteiger partial charge < -0.3 is 10.5 Å². The number of benzene rings is 3. The molecule has 0 fully saturated rings. The van der Waals surface area contributed by atoms with Crippen LogP contribution in [0, 0.1) is 0 Å². The molecule has 6 nitrogen and oxygen atoms in total. The summed E-state index contributed by atoms with van der Waals surface area (Å²) in [5, 5.41) is 8.48. The fourth-order valence-corrected chi connectivity index (χ4v) is 3.89. The molecule has 168 valence electrons. The van der Waals surface area contributed by atoms with E-state index < -0.39 is 0 Å². The second-order valence-electron chi connectivity index (χ2n) is 7.98. The zero-order chi connectivity index (χ0) is 22.2. The summed E-state index contributed by atoms with van der Waals surface area (Å²) in [6.45, 7) is 4.62. The lowest BCUT2D eigenvalue weighted by atomic mass is 10.0. The zero-order valence-corrected chi connectivity index (χ0v) is 19.8. The molecule has 3 aromatic carbocycles. The number of fused-ring (bicyclic) bond motifs is 2. The Morgan fingerprint density at radius 2 is 1.70 bits per heavy atom. The molecule has 0 bridgehead atoms. The minimum absolute atomic E-state index is 0. The summed E-state index contributed by atoms with van der Waals surface area (Å²) in [4.78, 5) is 8.60. The molecule has 5 rings (SSSR count). The Labute approximate surface area is 202 Å². The Kier molecular flexibility index (Phi) is 6.40. The topological polar surface area (TPSA) is 78.9 Å². The van der Waals surface area contributed by atoms with Crippen molar-refractivity contribution in [1.29, 1.82) is 0 Å². The lowest BCUT2D eigenvalue weighted by Gasteiger charge is -2.09. The molecule has 0 aliphatic rings. The van der Waals surface area contributed by atoms with Crippen LogP contribution < -0.4 is 10.5 Å². The molecule has 0 atom stereocenters. The molecular weight excluding hydrogens is 457 g/mol. The van der Waals surface area contributed by atoms with Gasteiger partial charge in [0, 0.05) is 16.6 Å². The summed E-state index contributed by atoms with van der Waals surface area (Å²) in [6.07, 6.45) is 1.48. The minimum Gasteiger partial charge on any atom is -0.489 e. The number of nitrogens with two attached hydrogens (primary N) is 1. The van der Waals surface area contributed by atoms with E-state index in [1.54, 1.807) is 0 Å². The van der Waals surface area contributed by atoms with E-state index in [0.717, 1.165) is 49.4 Å². The Hall–Kier alpha value is -3.35. The van der Waals surface area contributed by atoms with Gasteiger partial charge in [-0.2, -0.15) is 5.10 Å². The van der Waals surface area contributed by atoms with Crippen molar-refractivity contribution in [2.24, 2.45) is 0 Å². The van der Waals surface area contributed by atoms with Crippen LogP contribution in [0.15, 0.2) is 67.0 Å². The molecule has 0 radical (unpaired) electrons. The number of aromatic nitrogens is 4. The summed E-state index contributed by atoms with van der Waals surface area (Å²) < 4.78 is 7.86. The van der Waals surface area contributed by atoms with E-state index >= 15 is 0 Å².